The van der Waals surface area contributed by atoms with Crippen LogP contribution >= 0.6 is 0 Å². The average Bonchev–Trinajstić information content (AvgIpc) is 2.99. The standard InChI is InChI=1S/C25H31N3O5S/c1-2-20(16-19-10-6-5-7-11-19)26-24(29)18-28-22-13-12-21(17-23(22)33-25(28)30)34(31,32)27-14-8-3-4-9-15-27/h5-7,10-13,17,20H,2-4,8-9,14-16,18H2,1H3,(H,26,29). The van der Waals surface area contributed by atoms with Crippen molar-refractivity contribution >= 4 is 27.0 Å². The van der Waals surface area contributed by atoms with Gasteiger partial charge in [0.25, 0.3) is 0 Å². The number of oxazole rings is 1. The first-order valence-corrected chi connectivity index (χ1v) is 13.3. The predicted molar refractivity (Wildman–Crippen MR) is 130 cm³/mol. The minimum atomic E-state index is -3.67. The summed E-state index contributed by atoms with van der Waals surface area (Å²) < 4.78 is 34.2. The Balaban J connectivity index is 1.50. The lowest BCUT2D eigenvalue weighted by Gasteiger charge is -2.19. The Kier molecular flexibility index (Phi) is 7.53. The molecule has 1 aliphatic heterocycles. The summed E-state index contributed by atoms with van der Waals surface area (Å²) in [4.78, 5) is 25.3. The Morgan fingerprint density at radius 3 is 2.44 bits per heavy atom. The van der Waals surface area contributed by atoms with Gasteiger partial charge in [0.05, 0.1) is 10.4 Å². The number of sulfonamides is 1. The fourth-order valence-corrected chi connectivity index (χ4v) is 5.93. The van der Waals surface area contributed by atoms with E-state index in [1.165, 1.54) is 21.0 Å². The smallest absolute Gasteiger partial charge is 0.408 e. The number of rotatable bonds is 8. The van der Waals surface area contributed by atoms with E-state index < -0.39 is 15.8 Å². The van der Waals surface area contributed by atoms with Gasteiger partial charge >= 0.3 is 5.76 Å². The van der Waals surface area contributed by atoms with E-state index in [-0.39, 0.29) is 29.0 Å². The lowest BCUT2D eigenvalue weighted by Crippen LogP contribution is -2.39. The SMILES string of the molecule is CCC(Cc1ccccc1)NC(=O)Cn1c(=O)oc2cc(S(=O)(=O)N3CCCCCC3)ccc21. The number of hydrogen-bond donors (Lipinski definition) is 1. The third-order valence-corrected chi connectivity index (χ3v) is 8.22. The number of hydrogen-bond acceptors (Lipinski definition) is 5. The Hall–Kier alpha value is -2.91. The summed E-state index contributed by atoms with van der Waals surface area (Å²) in [6.45, 7) is 2.79. The third-order valence-electron chi connectivity index (χ3n) is 6.33. The largest absolute Gasteiger partial charge is 0.420 e. The topological polar surface area (TPSA) is 102 Å². The van der Waals surface area contributed by atoms with E-state index in [2.05, 4.69) is 5.32 Å². The Bertz CT molecular complexity index is 1290. The molecular formula is C25H31N3O5S. The summed E-state index contributed by atoms with van der Waals surface area (Å²) in [5, 5.41) is 2.99. The number of fused-ring (bicyclic) bond motifs is 1. The minimum Gasteiger partial charge on any atom is -0.408 e. The van der Waals surface area contributed by atoms with Crippen LogP contribution in [0.5, 0.6) is 0 Å². The van der Waals surface area contributed by atoms with Crippen molar-refractivity contribution in [3.8, 4) is 0 Å². The molecule has 1 aliphatic rings. The molecule has 182 valence electrons. The molecule has 2 heterocycles. The molecule has 1 aromatic heterocycles. The zero-order valence-electron chi connectivity index (χ0n) is 19.4. The molecule has 1 N–H and O–H groups in total. The van der Waals surface area contributed by atoms with E-state index in [1.54, 1.807) is 6.07 Å². The lowest BCUT2D eigenvalue weighted by molar-refractivity contribution is -0.122. The molecule has 0 aliphatic carbocycles. The summed E-state index contributed by atoms with van der Waals surface area (Å²) in [6.07, 6.45) is 5.17. The van der Waals surface area contributed by atoms with Crippen LogP contribution in [0.2, 0.25) is 0 Å². The molecular weight excluding hydrogens is 454 g/mol. The first kappa shape index (κ1) is 24.2. The van der Waals surface area contributed by atoms with Gasteiger partial charge in [-0.15, -0.1) is 0 Å². The summed E-state index contributed by atoms with van der Waals surface area (Å²) in [5.41, 5.74) is 1.68. The van der Waals surface area contributed by atoms with Crippen molar-refractivity contribution in [2.24, 2.45) is 0 Å². The van der Waals surface area contributed by atoms with Gasteiger partial charge in [0.2, 0.25) is 15.9 Å². The first-order chi connectivity index (χ1) is 16.4. The van der Waals surface area contributed by atoms with Crippen LogP contribution in [0.3, 0.4) is 0 Å². The molecule has 0 radical (unpaired) electrons. The fourth-order valence-electron chi connectivity index (χ4n) is 4.40. The van der Waals surface area contributed by atoms with Crippen LogP contribution in [0, 0.1) is 0 Å². The molecule has 1 fully saturated rings. The number of carbonyl (C=O) groups excluding carboxylic acids is 1. The highest BCUT2D eigenvalue weighted by atomic mass is 32.2. The van der Waals surface area contributed by atoms with E-state index in [4.69, 9.17) is 4.42 Å². The van der Waals surface area contributed by atoms with E-state index >= 15 is 0 Å². The van der Waals surface area contributed by atoms with Gasteiger partial charge in [0.1, 0.15) is 6.54 Å². The Morgan fingerprint density at radius 2 is 1.76 bits per heavy atom. The maximum absolute atomic E-state index is 13.1. The average molecular weight is 486 g/mol. The molecule has 2 aromatic carbocycles. The quantitative estimate of drug-likeness (QED) is 0.528. The monoisotopic (exact) mass is 485 g/mol. The molecule has 1 saturated heterocycles. The van der Waals surface area contributed by atoms with Crippen LogP contribution < -0.4 is 11.1 Å². The van der Waals surface area contributed by atoms with Gasteiger partial charge in [-0.25, -0.2) is 13.2 Å². The number of carbonyl (C=O) groups is 1. The normalized spacial score (nSPS) is 16.3. The van der Waals surface area contributed by atoms with Crippen molar-refractivity contribution in [1.82, 2.24) is 14.2 Å². The third kappa shape index (κ3) is 5.42. The van der Waals surface area contributed by atoms with Crippen molar-refractivity contribution < 1.29 is 17.6 Å². The molecule has 9 heteroatoms. The van der Waals surface area contributed by atoms with Gasteiger partial charge < -0.3 is 9.73 Å². The van der Waals surface area contributed by atoms with Gasteiger partial charge in [0, 0.05) is 25.2 Å². The predicted octanol–water partition coefficient (Wildman–Crippen LogP) is 3.30. The molecule has 1 unspecified atom stereocenters. The highest BCUT2D eigenvalue weighted by Gasteiger charge is 2.26. The first-order valence-electron chi connectivity index (χ1n) is 11.9. The Morgan fingerprint density at radius 1 is 1.06 bits per heavy atom. The zero-order valence-corrected chi connectivity index (χ0v) is 20.2. The molecule has 1 atom stereocenters. The molecule has 4 rings (SSSR count). The van der Waals surface area contributed by atoms with Crippen LogP contribution in [-0.4, -0.2) is 42.3 Å². The second-order valence-corrected chi connectivity index (χ2v) is 10.7. The van der Waals surface area contributed by atoms with Crippen molar-refractivity contribution in [3.63, 3.8) is 0 Å². The maximum atomic E-state index is 13.1. The fraction of sp³-hybridized carbons (Fsp3) is 0.440. The molecule has 0 spiro atoms. The molecule has 0 bridgehead atoms. The van der Waals surface area contributed by atoms with Gasteiger partial charge in [-0.05, 0) is 43.4 Å². The summed E-state index contributed by atoms with van der Waals surface area (Å²) in [5.74, 6) is -0.987. The molecule has 34 heavy (non-hydrogen) atoms. The minimum absolute atomic E-state index is 0.0610. The molecule has 8 nitrogen and oxygen atoms in total. The van der Waals surface area contributed by atoms with Gasteiger partial charge in [-0.1, -0.05) is 50.1 Å². The van der Waals surface area contributed by atoms with E-state index in [9.17, 15) is 18.0 Å². The number of amides is 1. The zero-order chi connectivity index (χ0) is 24.1. The summed E-state index contributed by atoms with van der Waals surface area (Å²) in [7, 11) is -3.67. The van der Waals surface area contributed by atoms with Crippen LogP contribution in [0.15, 0.2) is 62.6 Å². The Labute approximate surface area is 199 Å². The maximum Gasteiger partial charge on any atom is 0.420 e. The van der Waals surface area contributed by atoms with E-state index in [0.29, 0.717) is 25.0 Å². The highest BCUT2D eigenvalue weighted by Crippen LogP contribution is 2.24. The summed E-state index contributed by atoms with van der Waals surface area (Å²) >= 11 is 0. The van der Waals surface area contributed by atoms with Crippen LogP contribution in [0.4, 0.5) is 0 Å². The van der Waals surface area contributed by atoms with Gasteiger partial charge in [-0.3, -0.25) is 9.36 Å². The van der Waals surface area contributed by atoms with Crippen molar-refractivity contribution in [2.75, 3.05) is 13.1 Å². The van der Waals surface area contributed by atoms with Gasteiger partial charge in [-0.2, -0.15) is 4.31 Å². The van der Waals surface area contributed by atoms with E-state index in [1.807, 2.05) is 37.3 Å². The molecule has 1 amide bonds. The van der Waals surface area contributed by atoms with E-state index in [0.717, 1.165) is 37.7 Å². The molecule has 3 aromatic rings. The van der Waals surface area contributed by atoms with Crippen molar-refractivity contribution in [1.29, 1.82) is 0 Å². The van der Waals surface area contributed by atoms with Gasteiger partial charge in [0.15, 0.2) is 5.58 Å². The van der Waals surface area contributed by atoms with Crippen molar-refractivity contribution in [3.05, 3.63) is 64.6 Å². The van der Waals surface area contributed by atoms with Crippen molar-refractivity contribution in [2.45, 2.75) is 62.9 Å². The van der Waals surface area contributed by atoms with Crippen LogP contribution in [-0.2, 0) is 27.8 Å². The van der Waals surface area contributed by atoms with Crippen LogP contribution in [0.1, 0.15) is 44.6 Å². The lowest BCUT2D eigenvalue weighted by atomic mass is 10.0. The second kappa shape index (κ2) is 10.6. The number of aromatic nitrogens is 1. The second-order valence-electron chi connectivity index (χ2n) is 8.76. The highest BCUT2D eigenvalue weighted by molar-refractivity contribution is 7.89. The number of nitrogens with zero attached hydrogens (tertiary/aromatic N) is 2. The summed E-state index contributed by atoms with van der Waals surface area (Å²) in [6, 6.07) is 14.2. The number of benzene rings is 2. The van der Waals surface area contributed by atoms with Crippen LogP contribution in [0.25, 0.3) is 11.1 Å². The number of nitrogens with one attached hydrogen (secondary N) is 1. The molecule has 0 saturated carbocycles.